The van der Waals surface area contributed by atoms with Gasteiger partial charge in [-0.05, 0) is 31.2 Å². The van der Waals surface area contributed by atoms with E-state index in [9.17, 15) is 9.59 Å². The first-order chi connectivity index (χ1) is 14.6. The molecule has 0 N–H and O–H groups in total. The van der Waals surface area contributed by atoms with Gasteiger partial charge in [-0.25, -0.2) is 4.79 Å². The van der Waals surface area contributed by atoms with E-state index in [0.29, 0.717) is 22.6 Å². The summed E-state index contributed by atoms with van der Waals surface area (Å²) in [5, 5.41) is 0. The number of ketones is 1. The van der Waals surface area contributed by atoms with E-state index in [4.69, 9.17) is 14.2 Å². The monoisotopic (exact) mass is 407 g/mol. The van der Waals surface area contributed by atoms with Gasteiger partial charge in [-0.1, -0.05) is 36.4 Å². The van der Waals surface area contributed by atoms with Gasteiger partial charge in [0.05, 0.1) is 33.9 Å². The molecule has 1 aliphatic rings. The molecule has 2 aromatic rings. The van der Waals surface area contributed by atoms with Crippen molar-refractivity contribution in [3.8, 4) is 11.5 Å². The molecule has 0 aliphatic carbocycles. The van der Waals surface area contributed by atoms with E-state index in [-0.39, 0.29) is 25.5 Å². The molecule has 0 radical (unpaired) electrons. The smallest absolute Gasteiger partial charge is 0.410 e. The second kappa shape index (κ2) is 9.78. The molecule has 1 saturated heterocycles. The standard InChI is InChI=1S/C24H25NO5/c1-4-30-24(27)25-15-19(13-17-9-5-7-11-21(17)28-2)23(26)20(16-25)14-18-10-6-8-12-22(18)29-3/h5-14H,4,15-16H2,1-3H3. The molecule has 6 nitrogen and oxygen atoms in total. The molecule has 1 amide bonds. The Labute approximate surface area is 176 Å². The van der Waals surface area contributed by atoms with Crippen molar-refractivity contribution in [3.63, 3.8) is 0 Å². The number of carbonyl (C=O) groups is 2. The first-order valence-electron chi connectivity index (χ1n) is 9.71. The molecule has 0 aromatic heterocycles. The van der Waals surface area contributed by atoms with Crippen LogP contribution in [0.1, 0.15) is 18.1 Å². The van der Waals surface area contributed by atoms with Gasteiger partial charge in [0.1, 0.15) is 11.5 Å². The summed E-state index contributed by atoms with van der Waals surface area (Å²) in [4.78, 5) is 27.2. The maximum Gasteiger partial charge on any atom is 0.410 e. The van der Waals surface area contributed by atoms with Crippen LogP contribution >= 0.6 is 0 Å². The van der Waals surface area contributed by atoms with Crippen molar-refractivity contribution >= 4 is 24.0 Å². The highest BCUT2D eigenvalue weighted by atomic mass is 16.6. The van der Waals surface area contributed by atoms with Crippen molar-refractivity contribution in [2.45, 2.75) is 6.92 Å². The van der Waals surface area contributed by atoms with Crippen LogP contribution < -0.4 is 9.47 Å². The number of para-hydroxylation sites is 2. The topological polar surface area (TPSA) is 65.1 Å². The molecule has 1 aliphatic heterocycles. The van der Waals surface area contributed by atoms with Gasteiger partial charge in [0, 0.05) is 22.3 Å². The van der Waals surface area contributed by atoms with Crippen LogP contribution in [-0.2, 0) is 9.53 Å². The molecule has 0 saturated carbocycles. The number of hydrogen-bond donors (Lipinski definition) is 0. The Morgan fingerprint density at radius 1 is 0.900 bits per heavy atom. The average molecular weight is 407 g/mol. The zero-order valence-electron chi connectivity index (χ0n) is 17.4. The molecule has 0 atom stereocenters. The van der Waals surface area contributed by atoms with E-state index in [1.165, 1.54) is 4.90 Å². The van der Waals surface area contributed by atoms with Gasteiger partial charge in [-0.3, -0.25) is 9.69 Å². The third kappa shape index (κ3) is 4.71. The molecule has 0 bridgehead atoms. The lowest BCUT2D eigenvalue weighted by atomic mass is 9.94. The van der Waals surface area contributed by atoms with Gasteiger partial charge < -0.3 is 14.2 Å². The second-order valence-corrected chi connectivity index (χ2v) is 6.71. The van der Waals surface area contributed by atoms with Crippen LogP contribution in [0.5, 0.6) is 11.5 Å². The number of ether oxygens (including phenoxy) is 3. The Morgan fingerprint density at radius 2 is 1.37 bits per heavy atom. The Morgan fingerprint density at radius 3 is 1.80 bits per heavy atom. The van der Waals surface area contributed by atoms with E-state index in [2.05, 4.69) is 0 Å². The van der Waals surface area contributed by atoms with Gasteiger partial charge in [0.15, 0.2) is 5.78 Å². The number of Topliss-reactive ketones (excluding diaryl/α,β-unsaturated/α-hetero) is 1. The molecule has 0 unspecified atom stereocenters. The summed E-state index contributed by atoms with van der Waals surface area (Å²) in [6.07, 6.45) is 3.08. The fourth-order valence-electron chi connectivity index (χ4n) is 3.33. The van der Waals surface area contributed by atoms with Gasteiger partial charge in [-0.2, -0.15) is 0 Å². The average Bonchev–Trinajstić information content (AvgIpc) is 2.77. The zero-order valence-corrected chi connectivity index (χ0v) is 17.4. The number of amides is 1. The van der Waals surface area contributed by atoms with E-state index in [1.54, 1.807) is 33.3 Å². The lowest BCUT2D eigenvalue weighted by Gasteiger charge is -2.29. The predicted molar refractivity (Wildman–Crippen MR) is 116 cm³/mol. The number of carbonyl (C=O) groups excluding carboxylic acids is 2. The number of likely N-dealkylation sites (tertiary alicyclic amines) is 1. The Bertz CT molecular complexity index is 923. The van der Waals surface area contributed by atoms with Crippen LogP contribution in [0.25, 0.3) is 12.2 Å². The molecule has 0 spiro atoms. The number of nitrogens with zero attached hydrogens (tertiary/aromatic N) is 1. The van der Waals surface area contributed by atoms with Gasteiger partial charge in [0.2, 0.25) is 0 Å². The molecule has 1 heterocycles. The van der Waals surface area contributed by atoms with E-state index in [1.807, 2.05) is 48.5 Å². The minimum Gasteiger partial charge on any atom is -0.496 e. The van der Waals surface area contributed by atoms with Crippen LogP contribution in [0.4, 0.5) is 4.79 Å². The van der Waals surface area contributed by atoms with Crippen molar-refractivity contribution in [2.75, 3.05) is 33.9 Å². The molecule has 6 heteroatoms. The van der Waals surface area contributed by atoms with Crippen molar-refractivity contribution in [3.05, 3.63) is 70.8 Å². The van der Waals surface area contributed by atoms with Crippen molar-refractivity contribution in [1.82, 2.24) is 4.90 Å². The first-order valence-corrected chi connectivity index (χ1v) is 9.71. The Kier molecular flexibility index (Phi) is 6.91. The summed E-state index contributed by atoms with van der Waals surface area (Å²) >= 11 is 0. The fourth-order valence-corrected chi connectivity index (χ4v) is 3.33. The van der Waals surface area contributed by atoms with Gasteiger partial charge in [-0.15, -0.1) is 0 Å². The van der Waals surface area contributed by atoms with Gasteiger partial charge >= 0.3 is 6.09 Å². The van der Waals surface area contributed by atoms with Gasteiger partial charge in [0.25, 0.3) is 0 Å². The van der Waals surface area contributed by atoms with Crippen LogP contribution in [-0.4, -0.2) is 50.7 Å². The number of rotatable bonds is 5. The summed E-state index contributed by atoms with van der Waals surface area (Å²) in [6.45, 7) is 2.35. The van der Waals surface area contributed by atoms with E-state index < -0.39 is 6.09 Å². The lowest BCUT2D eigenvalue weighted by Crippen LogP contribution is -2.41. The highest BCUT2D eigenvalue weighted by molar-refractivity contribution is 6.15. The maximum atomic E-state index is 13.3. The summed E-state index contributed by atoms with van der Waals surface area (Å²) in [6, 6.07) is 14.9. The highest BCUT2D eigenvalue weighted by Gasteiger charge is 2.30. The Hall–Kier alpha value is -3.54. The third-order valence-corrected chi connectivity index (χ3v) is 4.77. The van der Waals surface area contributed by atoms with E-state index in [0.717, 1.165) is 11.1 Å². The summed E-state index contributed by atoms with van der Waals surface area (Å²) < 4.78 is 16.0. The quantitative estimate of drug-likeness (QED) is 0.695. The molecule has 156 valence electrons. The lowest BCUT2D eigenvalue weighted by molar-refractivity contribution is -0.113. The molecule has 3 rings (SSSR count). The predicted octanol–water partition coefficient (Wildman–Crippen LogP) is 4.21. The second-order valence-electron chi connectivity index (χ2n) is 6.71. The minimum atomic E-state index is -0.457. The Balaban J connectivity index is 2.04. The number of piperidine rings is 1. The van der Waals surface area contributed by atoms with Crippen LogP contribution in [0, 0.1) is 0 Å². The molecule has 2 aromatic carbocycles. The molecular weight excluding hydrogens is 382 g/mol. The number of methoxy groups -OCH3 is 2. The maximum absolute atomic E-state index is 13.3. The molecule has 30 heavy (non-hydrogen) atoms. The summed E-state index contributed by atoms with van der Waals surface area (Å²) in [7, 11) is 3.16. The summed E-state index contributed by atoms with van der Waals surface area (Å²) in [5.41, 5.74) is 2.51. The third-order valence-electron chi connectivity index (χ3n) is 4.77. The number of hydrogen-bond acceptors (Lipinski definition) is 5. The molecular formula is C24H25NO5. The highest BCUT2D eigenvalue weighted by Crippen LogP contribution is 2.28. The van der Waals surface area contributed by atoms with Crippen molar-refractivity contribution in [2.24, 2.45) is 0 Å². The normalized spacial score (nSPS) is 16.6. The van der Waals surface area contributed by atoms with Crippen molar-refractivity contribution < 1.29 is 23.8 Å². The summed E-state index contributed by atoms with van der Waals surface area (Å²) in [5.74, 6) is 1.19. The van der Waals surface area contributed by atoms with Crippen LogP contribution in [0.3, 0.4) is 0 Å². The number of benzene rings is 2. The van der Waals surface area contributed by atoms with Crippen LogP contribution in [0.15, 0.2) is 59.7 Å². The SMILES string of the molecule is CCOC(=O)N1CC(=Cc2ccccc2OC)C(=O)C(=Cc2ccccc2OC)C1. The molecule has 1 fully saturated rings. The first kappa shape index (κ1) is 21.2. The zero-order chi connectivity index (χ0) is 21.5. The van der Waals surface area contributed by atoms with Crippen LogP contribution in [0.2, 0.25) is 0 Å². The van der Waals surface area contributed by atoms with E-state index >= 15 is 0 Å². The fraction of sp³-hybridized carbons (Fsp3) is 0.250. The van der Waals surface area contributed by atoms with Crippen molar-refractivity contribution in [1.29, 1.82) is 0 Å². The minimum absolute atomic E-state index is 0.118. The largest absolute Gasteiger partial charge is 0.496 e.